The minimum absolute atomic E-state index is 0.206. The maximum Gasteiger partial charge on any atom is 0.191 e. The summed E-state index contributed by atoms with van der Waals surface area (Å²) in [6.07, 6.45) is 1.81. The van der Waals surface area contributed by atoms with E-state index in [1.54, 1.807) is 20.1 Å². The van der Waals surface area contributed by atoms with Crippen LogP contribution in [0.15, 0.2) is 29.4 Å². The summed E-state index contributed by atoms with van der Waals surface area (Å²) in [6, 6.07) is 5.19. The van der Waals surface area contributed by atoms with Gasteiger partial charge in [0.2, 0.25) is 0 Å². The van der Waals surface area contributed by atoms with E-state index in [-0.39, 0.29) is 5.82 Å². The second-order valence-electron chi connectivity index (χ2n) is 6.18. The van der Waals surface area contributed by atoms with E-state index in [4.69, 9.17) is 4.74 Å². The molecule has 1 aromatic heterocycles. The standard InChI is InChI=1S/C20H27FN4O/c1-6-22-20(24-11-16-8-7-13(2)17(21)9-16)25-12-18-15(4)19(26-5)14(3)10-23-18/h7-10H,6,11-12H2,1-5H3,(H2,22,24,25). The van der Waals surface area contributed by atoms with Gasteiger partial charge in [-0.3, -0.25) is 4.98 Å². The van der Waals surface area contributed by atoms with Crippen LogP contribution >= 0.6 is 0 Å². The number of halogens is 1. The van der Waals surface area contributed by atoms with Crippen LogP contribution in [0.25, 0.3) is 0 Å². The Balaban J connectivity index is 2.09. The lowest BCUT2D eigenvalue weighted by Gasteiger charge is -2.15. The lowest BCUT2D eigenvalue weighted by Crippen LogP contribution is -2.37. The molecule has 0 radical (unpaired) electrons. The zero-order valence-corrected chi connectivity index (χ0v) is 16.1. The van der Waals surface area contributed by atoms with E-state index in [0.29, 0.717) is 24.6 Å². The van der Waals surface area contributed by atoms with Crippen molar-refractivity contribution in [3.8, 4) is 5.75 Å². The molecule has 26 heavy (non-hydrogen) atoms. The van der Waals surface area contributed by atoms with Crippen LogP contribution in [0.2, 0.25) is 0 Å². The SMILES string of the molecule is CCNC(=NCc1ccc(C)c(F)c1)NCc1ncc(C)c(OC)c1C. The van der Waals surface area contributed by atoms with E-state index in [1.807, 2.05) is 33.0 Å². The number of rotatable bonds is 6. The molecule has 0 fully saturated rings. The van der Waals surface area contributed by atoms with Gasteiger partial charge in [0.05, 0.1) is 25.9 Å². The number of nitrogens with zero attached hydrogens (tertiary/aromatic N) is 2. The van der Waals surface area contributed by atoms with Crippen LogP contribution in [-0.4, -0.2) is 24.6 Å². The molecule has 1 aromatic carbocycles. The summed E-state index contributed by atoms with van der Waals surface area (Å²) in [5.74, 6) is 1.31. The second-order valence-corrected chi connectivity index (χ2v) is 6.18. The van der Waals surface area contributed by atoms with Gasteiger partial charge in [-0.2, -0.15) is 0 Å². The van der Waals surface area contributed by atoms with E-state index in [2.05, 4.69) is 20.6 Å². The van der Waals surface area contributed by atoms with E-state index in [0.717, 1.165) is 34.7 Å². The Bertz CT molecular complexity index is 790. The summed E-state index contributed by atoms with van der Waals surface area (Å²) >= 11 is 0. The van der Waals surface area contributed by atoms with Crippen LogP contribution < -0.4 is 15.4 Å². The number of hydrogen-bond donors (Lipinski definition) is 2. The van der Waals surface area contributed by atoms with Gasteiger partial charge < -0.3 is 15.4 Å². The van der Waals surface area contributed by atoms with Gasteiger partial charge in [0.1, 0.15) is 11.6 Å². The Morgan fingerprint density at radius 2 is 1.96 bits per heavy atom. The molecule has 0 aliphatic rings. The first-order chi connectivity index (χ1) is 12.5. The molecule has 0 aliphatic heterocycles. The van der Waals surface area contributed by atoms with Crippen molar-refractivity contribution in [2.75, 3.05) is 13.7 Å². The molecule has 0 saturated heterocycles. The molecular formula is C20H27FN4O. The molecule has 2 aromatic rings. The van der Waals surface area contributed by atoms with E-state index in [1.165, 1.54) is 6.07 Å². The molecule has 1 heterocycles. The van der Waals surface area contributed by atoms with E-state index in [9.17, 15) is 4.39 Å². The van der Waals surface area contributed by atoms with Gasteiger partial charge in [0, 0.05) is 23.9 Å². The van der Waals surface area contributed by atoms with Crippen molar-refractivity contribution in [2.24, 2.45) is 4.99 Å². The van der Waals surface area contributed by atoms with Gasteiger partial charge in [-0.1, -0.05) is 12.1 Å². The summed E-state index contributed by atoms with van der Waals surface area (Å²) in [5, 5.41) is 6.47. The number of benzene rings is 1. The Morgan fingerprint density at radius 1 is 1.19 bits per heavy atom. The van der Waals surface area contributed by atoms with Crippen molar-refractivity contribution < 1.29 is 9.13 Å². The number of aromatic nitrogens is 1. The summed E-state index contributed by atoms with van der Waals surface area (Å²) in [7, 11) is 1.67. The Labute approximate surface area is 154 Å². The fourth-order valence-corrected chi connectivity index (χ4v) is 2.66. The number of aryl methyl sites for hydroxylation is 2. The number of pyridine rings is 1. The van der Waals surface area contributed by atoms with Gasteiger partial charge in [-0.05, 0) is 44.9 Å². The highest BCUT2D eigenvalue weighted by Gasteiger charge is 2.10. The molecule has 2 rings (SSSR count). The quantitative estimate of drug-likeness (QED) is 0.614. The third-order valence-corrected chi connectivity index (χ3v) is 4.17. The minimum Gasteiger partial charge on any atom is -0.496 e. The third kappa shape index (κ3) is 4.94. The third-order valence-electron chi connectivity index (χ3n) is 4.17. The van der Waals surface area contributed by atoms with Crippen molar-refractivity contribution in [3.05, 3.63) is 58.2 Å². The predicted molar refractivity (Wildman–Crippen MR) is 103 cm³/mol. The van der Waals surface area contributed by atoms with Crippen LogP contribution in [0.5, 0.6) is 5.75 Å². The molecule has 140 valence electrons. The zero-order chi connectivity index (χ0) is 19.1. The van der Waals surface area contributed by atoms with Crippen molar-refractivity contribution in [2.45, 2.75) is 40.8 Å². The fourth-order valence-electron chi connectivity index (χ4n) is 2.66. The number of aliphatic imine (C=N–C) groups is 1. The average Bonchev–Trinajstić information content (AvgIpc) is 2.62. The van der Waals surface area contributed by atoms with Crippen LogP contribution in [0.4, 0.5) is 4.39 Å². The molecule has 2 N–H and O–H groups in total. The molecule has 5 nitrogen and oxygen atoms in total. The van der Waals surface area contributed by atoms with Gasteiger partial charge in [-0.15, -0.1) is 0 Å². The van der Waals surface area contributed by atoms with Crippen LogP contribution in [0.3, 0.4) is 0 Å². The second kappa shape index (κ2) is 9.17. The molecule has 0 saturated carbocycles. The Hall–Kier alpha value is -2.63. The zero-order valence-electron chi connectivity index (χ0n) is 16.1. The lowest BCUT2D eigenvalue weighted by atomic mass is 10.1. The Morgan fingerprint density at radius 3 is 2.62 bits per heavy atom. The average molecular weight is 358 g/mol. The summed E-state index contributed by atoms with van der Waals surface area (Å²) in [5.41, 5.74) is 4.39. The largest absolute Gasteiger partial charge is 0.496 e. The van der Waals surface area contributed by atoms with Gasteiger partial charge in [0.15, 0.2) is 5.96 Å². The van der Waals surface area contributed by atoms with Gasteiger partial charge >= 0.3 is 0 Å². The molecule has 0 bridgehead atoms. The highest BCUT2D eigenvalue weighted by atomic mass is 19.1. The van der Waals surface area contributed by atoms with Crippen molar-refractivity contribution in [1.29, 1.82) is 0 Å². The molecule has 0 atom stereocenters. The smallest absolute Gasteiger partial charge is 0.191 e. The maximum atomic E-state index is 13.7. The first-order valence-corrected chi connectivity index (χ1v) is 8.72. The monoisotopic (exact) mass is 358 g/mol. The van der Waals surface area contributed by atoms with Crippen molar-refractivity contribution in [3.63, 3.8) is 0 Å². The number of hydrogen-bond acceptors (Lipinski definition) is 3. The molecule has 0 spiro atoms. The first-order valence-electron chi connectivity index (χ1n) is 8.72. The molecule has 0 unspecified atom stereocenters. The van der Waals surface area contributed by atoms with Crippen LogP contribution in [0, 0.1) is 26.6 Å². The number of guanidine groups is 1. The van der Waals surface area contributed by atoms with E-state index < -0.39 is 0 Å². The topological polar surface area (TPSA) is 58.5 Å². The van der Waals surface area contributed by atoms with Gasteiger partial charge in [-0.25, -0.2) is 9.38 Å². The molecule has 0 aliphatic carbocycles. The minimum atomic E-state index is -0.206. The highest BCUT2D eigenvalue weighted by molar-refractivity contribution is 5.79. The lowest BCUT2D eigenvalue weighted by molar-refractivity contribution is 0.406. The van der Waals surface area contributed by atoms with E-state index >= 15 is 0 Å². The number of nitrogens with one attached hydrogen (secondary N) is 2. The predicted octanol–water partition coefficient (Wildman–Crippen LogP) is 3.41. The molecule has 0 amide bonds. The van der Waals surface area contributed by atoms with Crippen LogP contribution in [-0.2, 0) is 13.1 Å². The van der Waals surface area contributed by atoms with Crippen molar-refractivity contribution >= 4 is 5.96 Å². The normalized spacial score (nSPS) is 11.4. The molecule has 6 heteroatoms. The van der Waals surface area contributed by atoms with Gasteiger partial charge in [0.25, 0.3) is 0 Å². The summed E-state index contributed by atoms with van der Waals surface area (Å²) in [4.78, 5) is 9.01. The first kappa shape index (κ1) is 19.7. The van der Waals surface area contributed by atoms with Crippen LogP contribution in [0.1, 0.15) is 34.9 Å². The number of methoxy groups -OCH3 is 1. The van der Waals surface area contributed by atoms with Crippen molar-refractivity contribution in [1.82, 2.24) is 15.6 Å². The highest BCUT2D eigenvalue weighted by Crippen LogP contribution is 2.23. The summed E-state index contributed by atoms with van der Waals surface area (Å²) in [6.45, 7) is 9.38. The maximum absolute atomic E-state index is 13.7. The number of ether oxygens (including phenoxy) is 1. The summed E-state index contributed by atoms with van der Waals surface area (Å²) < 4.78 is 19.1. The molecular weight excluding hydrogens is 331 g/mol. The Kier molecular flexibility index (Phi) is 6.95. The fraction of sp³-hybridized carbons (Fsp3) is 0.400.